The Morgan fingerprint density at radius 2 is 2.05 bits per heavy atom. The van der Waals surface area contributed by atoms with Gasteiger partial charge in [0.1, 0.15) is 0 Å². The Morgan fingerprint density at radius 3 is 2.68 bits per heavy atom. The van der Waals surface area contributed by atoms with Crippen LogP contribution in [0.1, 0.15) is 36.5 Å². The summed E-state index contributed by atoms with van der Waals surface area (Å²) in [7, 11) is 0. The fourth-order valence-electron chi connectivity index (χ4n) is 1.92. The molecule has 1 amide bonds. The number of hydrogen-bond donors (Lipinski definition) is 1. The van der Waals surface area contributed by atoms with Gasteiger partial charge in [0, 0.05) is 12.4 Å². The van der Waals surface area contributed by atoms with Gasteiger partial charge < -0.3 is 5.32 Å². The van der Waals surface area contributed by atoms with Crippen LogP contribution < -0.4 is 5.32 Å². The highest BCUT2D eigenvalue weighted by Crippen LogP contribution is 2.10. The Hall–Kier alpha value is -1.02. The maximum Gasteiger partial charge on any atom is 0.224 e. The monoisotopic (exact) mass is 281 g/mol. The molecule has 0 saturated heterocycles. The fraction of sp³-hybridized carbons (Fsp3) is 0.562. The molecule has 1 aromatic carbocycles. The summed E-state index contributed by atoms with van der Waals surface area (Å²) in [6.45, 7) is 7.02. The van der Waals surface area contributed by atoms with E-state index in [1.54, 1.807) is 0 Å². The molecule has 1 N–H and O–H groups in total. The Bertz CT molecular complexity index is 417. The van der Waals surface area contributed by atoms with Gasteiger partial charge in [-0.05, 0) is 49.3 Å². The molecule has 2 nitrogen and oxygen atoms in total. The third kappa shape index (κ3) is 6.11. The number of nitrogens with one attached hydrogen (secondary N) is 1. The largest absolute Gasteiger partial charge is 0.356 e. The second-order valence-corrected chi connectivity index (χ2v) is 5.66. The number of rotatable bonds is 7. The molecule has 0 bridgehead atoms. The minimum absolute atomic E-state index is 0.0989. The van der Waals surface area contributed by atoms with Crippen molar-refractivity contribution in [2.45, 2.75) is 40.0 Å². The summed E-state index contributed by atoms with van der Waals surface area (Å²) in [6.07, 6.45) is 2.52. The van der Waals surface area contributed by atoms with Crippen LogP contribution in [0.4, 0.5) is 0 Å². The third-order valence-corrected chi connectivity index (χ3v) is 3.92. The van der Waals surface area contributed by atoms with Crippen molar-refractivity contribution >= 4 is 17.5 Å². The van der Waals surface area contributed by atoms with Crippen molar-refractivity contribution in [1.29, 1.82) is 0 Å². The lowest BCUT2D eigenvalue weighted by Gasteiger charge is -2.09. The molecule has 1 unspecified atom stereocenters. The van der Waals surface area contributed by atoms with Crippen LogP contribution in [0.3, 0.4) is 0 Å². The Balaban J connectivity index is 2.29. The lowest BCUT2D eigenvalue weighted by Crippen LogP contribution is -2.26. The van der Waals surface area contributed by atoms with E-state index in [9.17, 15) is 4.79 Å². The first-order chi connectivity index (χ1) is 9.02. The molecule has 0 aliphatic rings. The first-order valence-electron chi connectivity index (χ1n) is 6.91. The summed E-state index contributed by atoms with van der Waals surface area (Å²) in [6, 6.07) is 6.18. The molecule has 1 rings (SSSR count). The van der Waals surface area contributed by atoms with Crippen LogP contribution in [0.2, 0.25) is 0 Å². The Kier molecular flexibility index (Phi) is 6.93. The number of benzene rings is 1. The molecule has 0 fully saturated rings. The van der Waals surface area contributed by atoms with Crippen LogP contribution >= 0.6 is 11.6 Å². The first-order valence-corrected chi connectivity index (χ1v) is 7.45. The smallest absolute Gasteiger partial charge is 0.224 e. The molecule has 0 heterocycles. The number of hydrogen-bond acceptors (Lipinski definition) is 1. The normalized spacial score (nSPS) is 12.2. The number of aryl methyl sites for hydroxylation is 2. The van der Waals surface area contributed by atoms with Crippen molar-refractivity contribution in [2.75, 3.05) is 12.4 Å². The van der Waals surface area contributed by atoms with Gasteiger partial charge in [0.15, 0.2) is 0 Å². The average Bonchev–Trinajstić information content (AvgIpc) is 2.38. The summed E-state index contributed by atoms with van der Waals surface area (Å²) in [5, 5.41) is 2.96. The van der Waals surface area contributed by atoms with E-state index in [4.69, 9.17) is 11.6 Å². The van der Waals surface area contributed by atoms with E-state index in [0.29, 0.717) is 18.2 Å². The predicted molar refractivity (Wildman–Crippen MR) is 81.7 cm³/mol. The molecule has 0 aromatic heterocycles. The number of halogens is 1. The van der Waals surface area contributed by atoms with Crippen LogP contribution in [0.25, 0.3) is 0 Å². The lowest BCUT2D eigenvalue weighted by atomic mass is 10.0. The average molecular weight is 282 g/mol. The van der Waals surface area contributed by atoms with Gasteiger partial charge in [0.25, 0.3) is 0 Å². The molecule has 0 aliphatic heterocycles. The summed E-state index contributed by atoms with van der Waals surface area (Å²) in [5.74, 6) is 1.32. The number of carbonyl (C=O) groups is 1. The van der Waals surface area contributed by atoms with Crippen LogP contribution in [-0.2, 0) is 11.2 Å². The minimum Gasteiger partial charge on any atom is -0.356 e. The van der Waals surface area contributed by atoms with Crippen LogP contribution in [0, 0.1) is 19.8 Å². The van der Waals surface area contributed by atoms with Crippen molar-refractivity contribution in [3.05, 3.63) is 34.9 Å². The standard InChI is InChI=1S/C16H24ClNO/c1-12(11-17)5-4-8-18-16(19)10-15-7-6-13(2)14(3)9-15/h6-7,9,12H,4-5,8,10-11H2,1-3H3,(H,18,19). The van der Waals surface area contributed by atoms with E-state index in [-0.39, 0.29) is 5.91 Å². The third-order valence-electron chi connectivity index (χ3n) is 3.40. The van der Waals surface area contributed by atoms with Gasteiger partial charge in [-0.25, -0.2) is 0 Å². The minimum atomic E-state index is 0.0989. The molecule has 1 aromatic rings. The lowest BCUT2D eigenvalue weighted by molar-refractivity contribution is -0.120. The van der Waals surface area contributed by atoms with Crippen molar-refractivity contribution in [3.63, 3.8) is 0 Å². The highest BCUT2D eigenvalue weighted by molar-refractivity contribution is 6.18. The van der Waals surface area contributed by atoms with Gasteiger partial charge >= 0.3 is 0 Å². The molecular formula is C16H24ClNO. The zero-order chi connectivity index (χ0) is 14.3. The van der Waals surface area contributed by atoms with E-state index in [1.807, 2.05) is 6.07 Å². The quantitative estimate of drug-likeness (QED) is 0.600. The molecule has 0 radical (unpaired) electrons. The molecule has 0 aliphatic carbocycles. The summed E-state index contributed by atoms with van der Waals surface area (Å²) < 4.78 is 0. The fourth-order valence-corrected chi connectivity index (χ4v) is 2.07. The molecule has 0 saturated carbocycles. The molecular weight excluding hydrogens is 258 g/mol. The second-order valence-electron chi connectivity index (χ2n) is 5.35. The SMILES string of the molecule is Cc1ccc(CC(=O)NCCCC(C)CCl)cc1C. The zero-order valence-electron chi connectivity index (χ0n) is 12.1. The van der Waals surface area contributed by atoms with Gasteiger partial charge in [-0.1, -0.05) is 25.1 Å². The molecule has 1 atom stereocenters. The summed E-state index contributed by atoms with van der Waals surface area (Å²) in [4.78, 5) is 11.8. The van der Waals surface area contributed by atoms with E-state index in [1.165, 1.54) is 11.1 Å². The van der Waals surface area contributed by atoms with Crippen LogP contribution in [0.5, 0.6) is 0 Å². The van der Waals surface area contributed by atoms with Gasteiger partial charge in [0.05, 0.1) is 6.42 Å². The number of alkyl halides is 1. The van der Waals surface area contributed by atoms with Gasteiger partial charge in [0.2, 0.25) is 5.91 Å². The Labute approximate surface area is 121 Å². The van der Waals surface area contributed by atoms with Gasteiger partial charge in [-0.15, -0.1) is 11.6 Å². The predicted octanol–water partition coefficient (Wildman–Crippen LogP) is 3.62. The molecule has 106 valence electrons. The van der Waals surface area contributed by atoms with Gasteiger partial charge in [-0.3, -0.25) is 4.79 Å². The van der Waals surface area contributed by atoms with E-state index in [2.05, 4.69) is 38.2 Å². The van der Waals surface area contributed by atoms with Crippen LogP contribution in [-0.4, -0.2) is 18.3 Å². The number of amides is 1. The molecule has 19 heavy (non-hydrogen) atoms. The second kappa shape index (κ2) is 8.21. The van der Waals surface area contributed by atoms with E-state index >= 15 is 0 Å². The topological polar surface area (TPSA) is 29.1 Å². The Morgan fingerprint density at radius 1 is 1.32 bits per heavy atom. The van der Waals surface area contributed by atoms with Crippen molar-refractivity contribution in [2.24, 2.45) is 5.92 Å². The van der Waals surface area contributed by atoms with E-state index < -0.39 is 0 Å². The van der Waals surface area contributed by atoms with Crippen molar-refractivity contribution in [1.82, 2.24) is 5.32 Å². The van der Waals surface area contributed by atoms with E-state index in [0.717, 1.165) is 24.9 Å². The maximum absolute atomic E-state index is 11.8. The highest BCUT2D eigenvalue weighted by atomic mass is 35.5. The highest BCUT2D eigenvalue weighted by Gasteiger charge is 2.05. The van der Waals surface area contributed by atoms with Crippen molar-refractivity contribution in [3.8, 4) is 0 Å². The zero-order valence-corrected chi connectivity index (χ0v) is 12.9. The molecule has 0 spiro atoms. The summed E-state index contributed by atoms with van der Waals surface area (Å²) >= 11 is 5.74. The first kappa shape index (κ1) is 16.0. The van der Waals surface area contributed by atoms with Crippen LogP contribution in [0.15, 0.2) is 18.2 Å². The van der Waals surface area contributed by atoms with Gasteiger partial charge in [-0.2, -0.15) is 0 Å². The van der Waals surface area contributed by atoms with Crippen molar-refractivity contribution < 1.29 is 4.79 Å². The molecule has 3 heteroatoms. The maximum atomic E-state index is 11.8. The summed E-state index contributed by atoms with van der Waals surface area (Å²) in [5.41, 5.74) is 3.58. The number of carbonyl (C=O) groups excluding carboxylic acids is 1.